The van der Waals surface area contributed by atoms with Gasteiger partial charge in [0, 0.05) is 27.2 Å². The smallest absolute Gasteiger partial charge is 0.268 e. The van der Waals surface area contributed by atoms with Crippen molar-refractivity contribution in [3.05, 3.63) is 86.7 Å². The van der Waals surface area contributed by atoms with E-state index in [9.17, 15) is 31.9 Å². The van der Waals surface area contributed by atoms with Crippen LogP contribution in [0, 0.1) is 11.6 Å². The molecule has 0 aliphatic heterocycles. The lowest BCUT2D eigenvalue weighted by Crippen LogP contribution is -2.31. The van der Waals surface area contributed by atoms with Gasteiger partial charge in [-0.1, -0.05) is 30.1 Å². The maximum absolute atomic E-state index is 14.1. The molecule has 6 nitrogen and oxygen atoms in total. The number of benzene rings is 2. The molecule has 2 N–H and O–H groups in total. The number of ketones is 1. The first kappa shape index (κ1) is 28.2. The van der Waals surface area contributed by atoms with Gasteiger partial charge in [-0.25, -0.2) is 17.6 Å². The molecular formula is C25H21Cl2F4N3O3. The van der Waals surface area contributed by atoms with Crippen molar-refractivity contribution in [3.63, 3.8) is 0 Å². The van der Waals surface area contributed by atoms with Gasteiger partial charge in [0.2, 0.25) is 0 Å². The second-order valence-electron chi connectivity index (χ2n) is 8.22. The summed E-state index contributed by atoms with van der Waals surface area (Å²) in [5.41, 5.74) is 0.0871. The molecule has 0 radical (unpaired) electrons. The van der Waals surface area contributed by atoms with Crippen LogP contribution in [0.1, 0.15) is 51.9 Å². The van der Waals surface area contributed by atoms with Crippen LogP contribution in [0.5, 0.6) is 0 Å². The van der Waals surface area contributed by atoms with Crippen molar-refractivity contribution >= 4 is 46.5 Å². The van der Waals surface area contributed by atoms with Gasteiger partial charge in [0.1, 0.15) is 23.1 Å². The summed E-state index contributed by atoms with van der Waals surface area (Å²) < 4.78 is 54.6. The highest BCUT2D eigenvalue weighted by Crippen LogP contribution is 2.37. The van der Waals surface area contributed by atoms with Gasteiger partial charge >= 0.3 is 0 Å². The molecule has 2 aromatic carbocycles. The number of Topliss-reactive ketones (excluding diaryl/α,β-unsaturated/α-hetero) is 1. The van der Waals surface area contributed by atoms with Crippen LogP contribution >= 0.6 is 23.2 Å². The summed E-state index contributed by atoms with van der Waals surface area (Å²) in [4.78, 5) is 37.9. The maximum Gasteiger partial charge on any atom is 0.268 e. The lowest BCUT2D eigenvalue weighted by atomic mass is 9.96. The van der Waals surface area contributed by atoms with E-state index in [4.69, 9.17) is 23.2 Å². The van der Waals surface area contributed by atoms with E-state index in [1.165, 1.54) is 29.7 Å². The molecule has 0 fully saturated rings. The zero-order chi connectivity index (χ0) is 27.4. The standard InChI is InChI=1S/C25H21Cl2F4N3O3/c1-12(35)11-34-21(25(37)32-10-22(30)31)9-20(33-24(36)14-5-15(26)7-17(29)6-14)23(34)13(2)18-8-16(28)3-4-19(18)27/h3-9,13,22H,10-11H2,1-2H3,(H,32,37)(H,33,36)/t13-/m0/s1. The second-order valence-corrected chi connectivity index (χ2v) is 9.06. The number of amides is 2. The van der Waals surface area contributed by atoms with E-state index in [-0.39, 0.29) is 44.8 Å². The summed E-state index contributed by atoms with van der Waals surface area (Å²) in [6, 6.07) is 7.99. The van der Waals surface area contributed by atoms with Crippen molar-refractivity contribution in [1.29, 1.82) is 0 Å². The quantitative estimate of drug-likeness (QED) is 0.314. The van der Waals surface area contributed by atoms with Gasteiger partial charge in [0.25, 0.3) is 18.2 Å². The molecule has 1 atom stereocenters. The summed E-state index contributed by atoms with van der Waals surface area (Å²) in [6.45, 7) is 1.53. The highest BCUT2D eigenvalue weighted by molar-refractivity contribution is 6.31. The molecule has 2 amide bonds. The molecule has 1 aromatic heterocycles. The lowest BCUT2D eigenvalue weighted by molar-refractivity contribution is -0.117. The molecule has 0 unspecified atom stereocenters. The fraction of sp³-hybridized carbons (Fsp3) is 0.240. The third kappa shape index (κ3) is 6.90. The van der Waals surface area contributed by atoms with Gasteiger partial charge in [0.05, 0.1) is 18.8 Å². The monoisotopic (exact) mass is 557 g/mol. The van der Waals surface area contributed by atoms with Gasteiger partial charge in [-0.05, 0) is 55.0 Å². The molecular weight excluding hydrogens is 537 g/mol. The molecule has 1 heterocycles. The number of hydrogen-bond donors (Lipinski definition) is 2. The number of anilines is 1. The first-order valence-electron chi connectivity index (χ1n) is 10.9. The zero-order valence-electron chi connectivity index (χ0n) is 19.6. The highest BCUT2D eigenvalue weighted by atomic mass is 35.5. The van der Waals surface area contributed by atoms with Crippen LogP contribution in [0.3, 0.4) is 0 Å². The molecule has 3 aromatic rings. The third-order valence-corrected chi connectivity index (χ3v) is 5.94. The molecule has 196 valence electrons. The van der Waals surface area contributed by atoms with Gasteiger partial charge in [-0.3, -0.25) is 14.4 Å². The Bertz CT molecular complexity index is 1340. The molecule has 0 aliphatic carbocycles. The normalized spacial score (nSPS) is 11.9. The summed E-state index contributed by atoms with van der Waals surface area (Å²) in [5.74, 6) is -4.31. The predicted octanol–water partition coefficient (Wildman–Crippen LogP) is 6.06. The first-order valence-corrected chi connectivity index (χ1v) is 11.6. The fourth-order valence-corrected chi connectivity index (χ4v) is 4.35. The topological polar surface area (TPSA) is 80.2 Å². The van der Waals surface area contributed by atoms with Gasteiger partial charge < -0.3 is 15.2 Å². The highest BCUT2D eigenvalue weighted by Gasteiger charge is 2.28. The average molecular weight is 558 g/mol. The van der Waals surface area contributed by atoms with Crippen LogP contribution in [-0.4, -0.2) is 35.1 Å². The third-order valence-electron chi connectivity index (χ3n) is 5.38. The molecule has 3 rings (SSSR count). The summed E-state index contributed by atoms with van der Waals surface area (Å²) in [7, 11) is 0. The van der Waals surface area contributed by atoms with Gasteiger partial charge in [-0.2, -0.15) is 0 Å². The van der Waals surface area contributed by atoms with Crippen molar-refractivity contribution in [3.8, 4) is 0 Å². The minimum absolute atomic E-state index is 0.00154. The van der Waals surface area contributed by atoms with E-state index in [0.29, 0.717) is 0 Å². The van der Waals surface area contributed by atoms with Crippen LogP contribution in [0.25, 0.3) is 0 Å². The maximum atomic E-state index is 14.1. The number of nitrogens with zero attached hydrogens (tertiary/aromatic N) is 1. The lowest BCUT2D eigenvalue weighted by Gasteiger charge is -2.20. The Morgan fingerprint density at radius 1 is 0.973 bits per heavy atom. The van der Waals surface area contributed by atoms with Crippen molar-refractivity contribution < 1.29 is 31.9 Å². The fourth-order valence-electron chi connectivity index (χ4n) is 3.85. The molecule has 0 bridgehead atoms. The predicted molar refractivity (Wildman–Crippen MR) is 132 cm³/mol. The Balaban J connectivity index is 2.19. The van der Waals surface area contributed by atoms with E-state index in [2.05, 4.69) is 10.6 Å². The molecule has 12 heteroatoms. The number of halogens is 6. The van der Waals surface area contributed by atoms with E-state index in [0.717, 1.165) is 24.3 Å². The average Bonchev–Trinajstić information content (AvgIpc) is 3.14. The summed E-state index contributed by atoms with van der Waals surface area (Å²) in [5, 5.41) is 4.76. The number of carbonyl (C=O) groups excluding carboxylic acids is 3. The number of hydrogen-bond acceptors (Lipinski definition) is 3. The minimum Gasteiger partial charge on any atom is -0.345 e. The van der Waals surface area contributed by atoms with Gasteiger partial charge in [0.15, 0.2) is 0 Å². The Morgan fingerprint density at radius 2 is 1.68 bits per heavy atom. The van der Waals surface area contributed by atoms with Crippen LogP contribution < -0.4 is 10.6 Å². The van der Waals surface area contributed by atoms with Crippen LogP contribution in [0.4, 0.5) is 23.2 Å². The van der Waals surface area contributed by atoms with E-state index in [1.807, 2.05) is 0 Å². The molecule has 0 aliphatic rings. The number of alkyl halides is 2. The molecule has 37 heavy (non-hydrogen) atoms. The Morgan fingerprint density at radius 3 is 2.30 bits per heavy atom. The SMILES string of the molecule is CC(=O)Cn1c(C(=O)NCC(F)F)cc(NC(=O)c2cc(F)cc(Cl)c2)c1[C@@H](C)c1cc(F)ccc1Cl. The molecule has 0 saturated heterocycles. The molecule has 0 saturated carbocycles. The van der Waals surface area contributed by atoms with E-state index < -0.39 is 48.1 Å². The van der Waals surface area contributed by atoms with Crippen molar-refractivity contribution in [2.45, 2.75) is 32.7 Å². The number of nitrogens with one attached hydrogen (secondary N) is 2. The minimum atomic E-state index is -2.83. The summed E-state index contributed by atoms with van der Waals surface area (Å²) >= 11 is 12.1. The van der Waals surface area contributed by atoms with E-state index >= 15 is 0 Å². The largest absolute Gasteiger partial charge is 0.345 e. The zero-order valence-corrected chi connectivity index (χ0v) is 21.1. The van der Waals surface area contributed by atoms with E-state index in [1.54, 1.807) is 6.92 Å². The number of rotatable bonds is 9. The van der Waals surface area contributed by atoms with Crippen LogP contribution in [0.2, 0.25) is 10.0 Å². The first-order chi connectivity index (χ1) is 17.4. The van der Waals surface area contributed by atoms with Crippen LogP contribution in [0.15, 0.2) is 42.5 Å². The van der Waals surface area contributed by atoms with Crippen molar-refractivity contribution in [1.82, 2.24) is 9.88 Å². The van der Waals surface area contributed by atoms with Crippen molar-refractivity contribution in [2.24, 2.45) is 0 Å². The summed E-state index contributed by atoms with van der Waals surface area (Å²) in [6.07, 6.45) is -2.83. The second kappa shape index (κ2) is 11.8. The Kier molecular flexibility index (Phi) is 8.98. The Labute approximate surface area is 219 Å². The number of carbonyl (C=O) groups is 3. The van der Waals surface area contributed by atoms with Crippen molar-refractivity contribution in [2.75, 3.05) is 11.9 Å². The van der Waals surface area contributed by atoms with Gasteiger partial charge in [-0.15, -0.1) is 0 Å². The Hall–Kier alpha value is -3.37. The number of aromatic nitrogens is 1. The van der Waals surface area contributed by atoms with Crippen LogP contribution in [-0.2, 0) is 11.3 Å². The molecule has 0 spiro atoms.